The standard InChI is InChI=1S/C26H31NO3/c1-25(2)23(20-8-9-21(30-3)19-7-5-4-6-18(19)20)27(24(25)28)22-16-10-15-11-17(22)14-26(29,12-15)13-16/h4-9,15-17,22-23,29H,10-14H2,1-3H3/t15?,16-,17-,22?,23?,26?/m0/s1. The molecular formula is C26H31NO3. The Kier molecular flexibility index (Phi) is 3.74. The van der Waals surface area contributed by atoms with E-state index in [1.54, 1.807) is 7.11 Å². The third-order valence-electron chi connectivity index (χ3n) is 8.69. The molecule has 5 fully saturated rings. The Hall–Kier alpha value is -2.07. The molecule has 1 saturated heterocycles. The van der Waals surface area contributed by atoms with Crippen LogP contribution >= 0.6 is 0 Å². The largest absolute Gasteiger partial charge is 0.496 e. The molecule has 2 aromatic carbocycles. The maximum Gasteiger partial charge on any atom is 0.231 e. The number of nitrogens with zero attached hydrogens (tertiary/aromatic N) is 1. The van der Waals surface area contributed by atoms with Gasteiger partial charge in [-0.05, 0) is 80.7 Å². The lowest BCUT2D eigenvalue weighted by Crippen LogP contribution is -2.71. The summed E-state index contributed by atoms with van der Waals surface area (Å²) in [6, 6.07) is 12.9. The number of carbonyl (C=O) groups excluding carboxylic acids is 1. The number of methoxy groups -OCH3 is 1. The summed E-state index contributed by atoms with van der Waals surface area (Å²) in [6.07, 6.45) is 5.04. The number of amides is 1. The fourth-order valence-corrected chi connectivity index (χ4v) is 7.81. The van der Waals surface area contributed by atoms with Gasteiger partial charge in [-0.1, -0.05) is 30.3 Å². The Morgan fingerprint density at radius 1 is 1.00 bits per heavy atom. The third-order valence-corrected chi connectivity index (χ3v) is 8.69. The number of fused-ring (bicyclic) bond motifs is 1. The Balaban J connectivity index is 1.45. The first-order valence-electron chi connectivity index (χ1n) is 11.4. The van der Waals surface area contributed by atoms with Gasteiger partial charge in [0.25, 0.3) is 0 Å². The van der Waals surface area contributed by atoms with Crippen LogP contribution < -0.4 is 4.74 Å². The minimum Gasteiger partial charge on any atom is -0.496 e. The van der Waals surface area contributed by atoms with Crippen molar-refractivity contribution in [3.8, 4) is 5.75 Å². The fraction of sp³-hybridized carbons (Fsp3) is 0.577. The number of hydrogen-bond acceptors (Lipinski definition) is 3. The Bertz CT molecular complexity index is 1030. The number of carbonyl (C=O) groups is 1. The Morgan fingerprint density at radius 3 is 2.30 bits per heavy atom. The lowest BCUT2D eigenvalue weighted by atomic mass is 9.50. The molecule has 1 heterocycles. The maximum absolute atomic E-state index is 13.5. The van der Waals surface area contributed by atoms with Crippen LogP contribution in [-0.2, 0) is 4.79 Å². The van der Waals surface area contributed by atoms with Gasteiger partial charge in [0, 0.05) is 11.4 Å². The van der Waals surface area contributed by atoms with E-state index in [9.17, 15) is 9.90 Å². The van der Waals surface area contributed by atoms with Gasteiger partial charge >= 0.3 is 0 Å². The number of hydrogen-bond donors (Lipinski definition) is 1. The van der Waals surface area contributed by atoms with Gasteiger partial charge in [-0.2, -0.15) is 0 Å². The molecule has 4 aliphatic carbocycles. The lowest BCUT2D eigenvalue weighted by molar-refractivity contribution is -0.208. The Morgan fingerprint density at radius 2 is 1.67 bits per heavy atom. The molecule has 4 nitrogen and oxygen atoms in total. The first-order chi connectivity index (χ1) is 14.3. The molecule has 0 spiro atoms. The Labute approximate surface area is 178 Å². The SMILES string of the molecule is COc1ccc(C2N(C3[C@H]4CC5C[C@H]3CC(O)(C5)C4)C(=O)C2(C)C)c2ccccc12. The van der Waals surface area contributed by atoms with Crippen LogP contribution in [0.3, 0.4) is 0 Å². The highest BCUT2D eigenvalue weighted by Gasteiger charge is 2.64. The molecule has 3 atom stereocenters. The molecule has 7 rings (SSSR count). The van der Waals surface area contributed by atoms with Gasteiger partial charge in [-0.25, -0.2) is 0 Å². The fourth-order valence-electron chi connectivity index (χ4n) is 7.81. The number of aliphatic hydroxyl groups is 1. The first kappa shape index (κ1) is 18.7. The number of rotatable bonds is 3. The van der Waals surface area contributed by atoms with Crippen molar-refractivity contribution >= 4 is 16.7 Å². The zero-order chi connectivity index (χ0) is 20.8. The smallest absolute Gasteiger partial charge is 0.231 e. The van der Waals surface area contributed by atoms with Crippen molar-refractivity contribution in [2.75, 3.05) is 7.11 Å². The van der Waals surface area contributed by atoms with E-state index in [4.69, 9.17) is 4.74 Å². The molecule has 0 aromatic heterocycles. The van der Waals surface area contributed by atoms with Gasteiger partial charge in [0.2, 0.25) is 5.91 Å². The highest BCUT2D eigenvalue weighted by Crippen LogP contribution is 2.62. The van der Waals surface area contributed by atoms with Gasteiger partial charge < -0.3 is 14.7 Å². The molecule has 1 aliphatic heterocycles. The van der Waals surface area contributed by atoms with Gasteiger partial charge in [-0.3, -0.25) is 4.79 Å². The quantitative estimate of drug-likeness (QED) is 0.753. The summed E-state index contributed by atoms with van der Waals surface area (Å²) in [7, 11) is 1.71. The van der Waals surface area contributed by atoms with E-state index in [1.165, 1.54) is 23.8 Å². The third kappa shape index (κ3) is 2.34. The van der Waals surface area contributed by atoms with E-state index in [0.29, 0.717) is 17.8 Å². The molecular weight excluding hydrogens is 374 g/mol. The van der Waals surface area contributed by atoms with E-state index in [1.807, 2.05) is 12.1 Å². The van der Waals surface area contributed by atoms with Crippen LogP contribution in [0.4, 0.5) is 0 Å². The summed E-state index contributed by atoms with van der Waals surface area (Å²) >= 11 is 0. The first-order valence-corrected chi connectivity index (χ1v) is 11.4. The van der Waals surface area contributed by atoms with E-state index < -0.39 is 11.0 Å². The zero-order valence-corrected chi connectivity index (χ0v) is 18.1. The number of β-lactam (4-membered cyclic amide) rings is 1. The predicted octanol–water partition coefficient (Wildman–Crippen LogP) is 4.70. The average Bonchev–Trinajstić information content (AvgIpc) is 2.71. The van der Waals surface area contributed by atoms with Gasteiger partial charge in [-0.15, -0.1) is 0 Å². The van der Waals surface area contributed by atoms with Crippen LogP contribution in [0.1, 0.15) is 57.6 Å². The zero-order valence-electron chi connectivity index (χ0n) is 18.1. The number of ether oxygens (including phenoxy) is 1. The summed E-state index contributed by atoms with van der Waals surface area (Å²) in [5, 5.41) is 13.3. The van der Waals surface area contributed by atoms with Crippen molar-refractivity contribution in [2.45, 2.75) is 63.6 Å². The van der Waals surface area contributed by atoms with Crippen LogP contribution in [0.5, 0.6) is 5.75 Å². The van der Waals surface area contributed by atoms with Crippen LogP contribution in [0.25, 0.3) is 10.8 Å². The second-order valence-corrected chi connectivity index (χ2v) is 10.9. The molecule has 30 heavy (non-hydrogen) atoms. The lowest BCUT2D eigenvalue weighted by Gasteiger charge is -2.66. The number of likely N-dealkylation sites (tertiary alicyclic amines) is 1. The summed E-state index contributed by atoms with van der Waals surface area (Å²) in [5.41, 5.74) is 0.338. The summed E-state index contributed by atoms with van der Waals surface area (Å²) in [4.78, 5) is 15.7. The van der Waals surface area contributed by atoms with Crippen LogP contribution in [0, 0.1) is 23.2 Å². The summed E-state index contributed by atoms with van der Waals surface area (Å²) < 4.78 is 5.61. The second kappa shape index (κ2) is 6.00. The molecule has 4 saturated carbocycles. The minimum atomic E-state index is -0.473. The molecule has 1 amide bonds. The maximum atomic E-state index is 13.5. The molecule has 5 aliphatic rings. The normalized spacial score (nSPS) is 38.7. The summed E-state index contributed by atoms with van der Waals surface area (Å²) in [5.74, 6) is 2.67. The highest BCUT2D eigenvalue weighted by atomic mass is 16.5. The molecule has 1 N–H and O–H groups in total. The van der Waals surface area contributed by atoms with Crippen LogP contribution in [0.15, 0.2) is 36.4 Å². The van der Waals surface area contributed by atoms with Crippen molar-refractivity contribution in [2.24, 2.45) is 23.2 Å². The van der Waals surface area contributed by atoms with E-state index in [2.05, 4.69) is 43.0 Å². The average molecular weight is 406 g/mol. The minimum absolute atomic E-state index is 0.0676. The van der Waals surface area contributed by atoms with E-state index in [0.717, 1.165) is 30.4 Å². The molecule has 1 unspecified atom stereocenters. The van der Waals surface area contributed by atoms with E-state index >= 15 is 0 Å². The highest BCUT2D eigenvalue weighted by molar-refractivity contribution is 5.96. The summed E-state index contributed by atoms with van der Waals surface area (Å²) in [6.45, 7) is 4.19. The van der Waals surface area contributed by atoms with Crippen LogP contribution in [-0.4, -0.2) is 34.7 Å². The molecule has 4 bridgehead atoms. The van der Waals surface area contributed by atoms with Gasteiger partial charge in [0.1, 0.15) is 5.75 Å². The van der Waals surface area contributed by atoms with Crippen molar-refractivity contribution in [3.63, 3.8) is 0 Å². The predicted molar refractivity (Wildman–Crippen MR) is 116 cm³/mol. The van der Waals surface area contributed by atoms with Crippen molar-refractivity contribution in [1.82, 2.24) is 4.90 Å². The van der Waals surface area contributed by atoms with Gasteiger partial charge in [0.15, 0.2) is 0 Å². The van der Waals surface area contributed by atoms with Crippen molar-refractivity contribution in [3.05, 3.63) is 42.0 Å². The van der Waals surface area contributed by atoms with E-state index in [-0.39, 0.29) is 18.0 Å². The monoisotopic (exact) mass is 405 g/mol. The topological polar surface area (TPSA) is 49.8 Å². The van der Waals surface area contributed by atoms with Crippen molar-refractivity contribution < 1.29 is 14.6 Å². The molecule has 2 aromatic rings. The molecule has 4 heteroatoms. The number of benzene rings is 2. The molecule has 0 radical (unpaired) electrons. The van der Waals surface area contributed by atoms with Crippen molar-refractivity contribution in [1.29, 1.82) is 0 Å². The van der Waals surface area contributed by atoms with Gasteiger partial charge in [0.05, 0.1) is 24.2 Å². The van der Waals surface area contributed by atoms with Crippen LogP contribution in [0.2, 0.25) is 0 Å². The molecule has 158 valence electrons. The second-order valence-electron chi connectivity index (χ2n) is 10.9.